The Kier molecular flexibility index (Phi) is 7.60. The van der Waals surface area contributed by atoms with Crippen molar-refractivity contribution in [3.8, 4) is 35.0 Å². The third-order valence-electron chi connectivity index (χ3n) is 4.85. The van der Waals surface area contributed by atoms with Crippen LogP contribution >= 0.6 is 0 Å². The fraction of sp³-hybridized carbons (Fsp3) is 0.292. The minimum absolute atomic E-state index is 0.0891. The maximum atomic E-state index is 13.4. The molecule has 10 heteroatoms. The van der Waals surface area contributed by atoms with Gasteiger partial charge in [-0.05, 0) is 44.3 Å². The zero-order valence-electron chi connectivity index (χ0n) is 19.8. The van der Waals surface area contributed by atoms with Crippen LogP contribution in [0.2, 0.25) is 0 Å². The molecule has 1 heterocycles. The summed E-state index contributed by atoms with van der Waals surface area (Å²) in [7, 11) is 9.40. The minimum Gasteiger partial charge on any atom is -0.495 e. The number of aromatic nitrogens is 2. The molecule has 0 aliphatic heterocycles. The first-order valence-electron chi connectivity index (χ1n) is 10.1. The number of ketones is 1. The van der Waals surface area contributed by atoms with Crippen LogP contribution < -0.4 is 18.9 Å². The summed E-state index contributed by atoms with van der Waals surface area (Å²) >= 11 is 0. The van der Waals surface area contributed by atoms with Crippen molar-refractivity contribution in [2.24, 2.45) is 0 Å². The molecular weight excluding hydrogens is 442 g/mol. The lowest BCUT2D eigenvalue weighted by Crippen LogP contribution is -2.22. The summed E-state index contributed by atoms with van der Waals surface area (Å²) in [6, 6.07) is 6.48. The van der Waals surface area contributed by atoms with Crippen LogP contribution in [0.15, 0.2) is 24.3 Å². The van der Waals surface area contributed by atoms with E-state index in [1.807, 2.05) is 0 Å². The number of methoxy groups -OCH3 is 4. The third-order valence-corrected chi connectivity index (χ3v) is 4.85. The second-order valence-electron chi connectivity index (χ2n) is 7.32. The van der Waals surface area contributed by atoms with Gasteiger partial charge in [-0.1, -0.05) is 0 Å². The molecule has 0 saturated heterocycles. The first-order chi connectivity index (χ1) is 16.3. The molecule has 0 aliphatic rings. The van der Waals surface area contributed by atoms with E-state index in [0.717, 1.165) is 0 Å². The van der Waals surface area contributed by atoms with Crippen LogP contribution in [0.3, 0.4) is 0 Å². The standard InChI is InChI=1S/C24H25N3O7/c1-27(2)13-20(28)34-10-9-15-17(30-3)8-7-16-21(15)25-26-22(16)23(29)14-11-18(31-4)24(33-6)19(12-14)32-5/h7-8,11-12H,13H2,1-6H3,(H,25,26). The lowest BCUT2D eigenvalue weighted by atomic mass is 10.0. The summed E-state index contributed by atoms with van der Waals surface area (Å²) in [6.45, 7) is 0.0891. The van der Waals surface area contributed by atoms with Crippen molar-refractivity contribution in [3.05, 3.63) is 41.1 Å². The van der Waals surface area contributed by atoms with Crippen LogP contribution in [0.1, 0.15) is 21.6 Å². The fourth-order valence-corrected chi connectivity index (χ4v) is 3.31. The Morgan fingerprint density at radius 3 is 2.18 bits per heavy atom. The van der Waals surface area contributed by atoms with Crippen LogP contribution in [-0.2, 0) is 9.53 Å². The first-order valence-corrected chi connectivity index (χ1v) is 10.1. The van der Waals surface area contributed by atoms with Crippen LogP contribution in [0.5, 0.6) is 23.0 Å². The molecule has 0 atom stereocenters. The van der Waals surface area contributed by atoms with Crippen LogP contribution in [0, 0.1) is 12.0 Å². The Morgan fingerprint density at radius 2 is 1.62 bits per heavy atom. The largest absolute Gasteiger partial charge is 0.495 e. The molecule has 0 spiro atoms. The van der Waals surface area contributed by atoms with Gasteiger partial charge in [0.05, 0.1) is 40.5 Å². The van der Waals surface area contributed by atoms with Crippen LogP contribution in [0.4, 0.5) is 0 Å². The molecule has 10 nitrogen and oxygen atoms in total. The van der Waals surface area contributed by atoms with E-state index < -0.39 is 5.97 Å². The summed E-state index contributed by atoms with van der Waals surface area (Å²) < 4.78 is 26.4. The number of hydrogen-bond donors (Lipinski definition) is 1. The molecule has 1 aromatic heterocycles. The lowest BCUT2D eigenvalue weighted by Gasteiger charge is -2.13. The molecule has 0 radical (unpaired) electrons. The van der Waals surface area contributed by atoms with E-state index in [1.54, 1.807) is 43.3 Å². The van der Waals surface area contributed by atoms with Gasteiger partial charge >= 0.3 is 5.97 Å². The number of ether oxygens (including phenoxy) is 5. The number of carbonyl (C=O) groups is 2. The normalized spacial score (nSPS) is 10.4. The maximum Gasteiger partial charge on any atom is 0.334 e. The highest BCUT2D eigenvalue weighted by molar-refractivity contribution is 6.16. The van der Waals surface area contributed by atoms with Gasteiger partial charge in [0.2, 0.25) is 11.5 Å². The molecule has 0 amide bonds. The minimum atomic E-state index is -0.496. The Morgan fingerprint density at radius 1 is 0.971 bits per heavy atom. The van der Waals surface area contributed by atoms with Gasteiger partial charge in [-0.3, -0.25) is 14.8 Å². The van der Waals surface area contributed by atoms with Crippen molar-refractivity contribution in [1.82, 2.24) is 15.1 Å². The Balaban J connectivity index is 2.04. The molecule has 178 valence electrons. The summed E-state index contributed by atoms with van der Waals surface area (Å²) in [5.41, 5.74) is 1.31. The Hall–Kier alpha value is -4.23. The van der Waals surface area contributed by atoms with Gasteiger partial charge in [-0.15, -0.1) is 0 Å². The summed E-state index contributed by atoms with van der Waals surface area (Å²) in [5, 5.41) is 7.57. The van der Waals surface area contributed by atoms with E-state index in [1.165, 1.54) is 28.4 Å². The highest BCUT2D eigenvalue weighted by Gasteiger charge is 2.22. The summed E-state index contributed by atoms with van der Waals surface area (Å²) in [4.78, 5) is 26.8. The summed E-state index contributed by atoms with van der Waals surface area (Å²) in [6.07, 6.45) is 2.39. The quantitative estimate of drug-likeness (QED) is 0.303. The Labute approximate surface area is 196 Å². The number of esters is 1. The number of hydrogen-bond acceptors (Lipinski definition) is 9. The van der Waals surface area contributed by atoms with E-state index in [4.69, 9.17) is 23.7 Å². The fourth-order valence-electron chi connectivity index (χ4n) is 3.31. The molecule has 3 aromatic rings. The van der Waals surface area contributed by atoms with Crippen molar-refractivity contribution < 1.29 is 33.3 Å². The molecule has 0 aliphatic carbocycles. The number of fused-ring (bicyclic) bond motifs is 1. The number of H-pyrrole nitrogens is 1. The average molecular weight is 467 g/mol. The van der Waals surface area contributed by atoms with Gasteiger partial charge in [-0.2, -0.15) is 5.10 Å². The van der Waals surface area contributed by atoms with Crippen molar-refractivity contribution >= 4 is 22.7 Å². The van der Waals surface area contributed by atoms with Gasteiger partial charge in [-0.25, -0.2) is 4.79 Å². The van der Waals surface area contributed by atoms with Gasteiger partial charge in [0.15, 0.2) is 11.5 Å². The van der Waals surface area contributed by atoms with Gasteiger partial charge in [0.25, 0.3) is 0 Å². The molecule has 0 saturated carbocycles. The van der Waals surface area contributed by atoms with E-state index in [2.05, 4.69) is 22.2 Å². The van der Waals surface area contributed by atoms with Crippen molar-refractivity contribution in [3.63, 3.8) is 0 Å². The zero-order chi connectivity index (χ0) is 24.8. The van der Waals surface area contributed by atoms with Crippen molar-refractivity contribution in [1.29, 1.82) is 0 Å². The first kappa shape index (κ1) is 24.4. The lowest BCUT2D eigenvalue weighted by molar-refractivity contribution is -0.137. The molecule has 34 heavy (non-hydrogen) atoms. The number of likely N-dealkylation sites (N-methyl/N-ethyl adjacent to an activating group) is 1. The van der Waals surface area contributed by atoms with Crippen molar-refractivity contribution in [2.45, 2.75) is 0 Å². The van der Waals surface area contributed by atoms with Crippen LogP contribution in [0.25, 0.3) is 10.9 Å². The number of nitrogens with one attached hydrogen (secondary N) is 1. The third kappa shape index (κ3) is 4.89. The molecule has 0 unspecified atom stereocenters. The molecule has 2 aromatic carbocycles. The molecule has 0 fully saturated rings. The maximum absolute atomic E-state index is 13.4. The number of nitrogens with zero attached hydrogens (tertiary/aromatic N) is 2. The second kappa shape index (κ2) is 10.6. The highest BCUT2D eigenvalue weighted by atomic mass is 16.5. The van der Waals surface area contributed by atoms with Crippen LogP contribution in [-0.4, -0.2) is 75.9 Å². The smallest absolute Gasteiger partial charge is 0.334 e. The monoisotopic (exact) mass is 467 g/mol. The average Bonchev–Trinajstić information content (AvgIpc) is 3.26. The van der Waals surface area contributed by atoms with E-state index >= 15 is 0 Å². The predicted molar refractivity (Wildman–Crippen MR) is 124 cm³/mol. The van der Waals surface area contributed by atoms with Gasteiger partial charge in [0, 0.05) is 10.9 Å². The molecule has 0 bridgehead atoms. The SMILES string of the molecule is COc1cc(C(=O)c2[nH]nc3c(C#COC(=O)CN(C)C)c(OC)ccc23)cc(OC)c1OC. The molecule has 1 N–H and O–H groups in total. The van der Waals surface area contributed by atoms with Gasteiger partial charge < -0.3 is 23.7 Å². The molecule has 3 rings (SSSR count). The number of rotatable bonds is 8. The van der Waals surface area contributed by atoms with E-state index in [-0.39, 0.29) is 18.0 Å². The second-order valence-corrected chi connectivity index (χ2v) is 7.32. The molecular formula is C24H25N3O7. The number of benzene rings is 2. The zero-order valence-corrected chi connectivity index (χ0v) is 19.8. The van der Waals surface area contributed by atoms with Gasteiger partial charge in [0.1, 0.15) is 23.1 Å². The summed E-state index contributed by atoms with van der Waals surface area (Å²) in [5.74, 6) is 3.42. The topological polar surface area (TPSA) is 112 Å². The van der Waals surface area contributed by atoms with E-state index in [9.17, 15) is 9.59 Å². The highest BCUT2D eigenvalue weighted by Crippen LogP contribution is 2.39. The number of aromatic amines is 1. The number of carbonyl (C=O) groups excluding carboxylic acids is 2. The van der Waals surface area contributed by atoms with E-state index in [0.29, 0.717) is 45.0 Å². The van der Waals surface area contributed by atoms with Crippen molar-refractivity contribution in [2.75, 3.05) is 49.1 Å². The Bertz CT molecular complexity index is 1260. The predicted octanol–water partition coefficient (Wildman–Crippen LogP) is 2.24.